The Morgan fingerprint density at radius 3 is 3.06 bits per heavy atom. The summed E-state index contributed by atoms with van der Waals surface area (Å²) in [5.41, 5.74) is 4.79. The predicted octanol–water partition coefficient (Wildman–Crippen LogP) is 0.115. The lowest BCUT2D eigenvalue weighted by Gasteiger charge is -2.47. The maximum atomic E-state index is 11.9. The molecule has 1 heterocycles. The van der Waals surface area contributed by atoms with Gasteiger partial charge < -0.3 is 20.5 Å². The van der Waals surface area contributed by atoms with E-state index in [0.29, 0.717) is 32.7 Å². The monoisotopic (exact) mass is 256 g/mol. The van der Waals surface area contributed by atoms with E-state index >= 15 is 0 Å². The highest BCUT2D eigenvalue weighted by atomic mass is 16.5. The molecular formula is C13H24N2O3. The van der Waals surface area contributed by atoms with Gasteiger partial charge in [0.05, 0.1) is 12.2 Å². The predicted molar refractivity (Wildman–Crippen MR) is 68.0 cm³/mol. The van der Waals surface area contributed by atoms with Crippen molar-refractivity contribution in [2.45, 2.75) is 37.7 Å². The highest BCUT2D eigenvalue weighted by Gasteiger charge is 2.43. The van der Waals surface area contributed by atoms with E-state index in [1.807, 2.05) is 4.90 Å². The van der Waals surface area contributed by atoms with Crippen LogP contribution in [-0.2, 0) is 9.53 Å². The van der Waals surface area contributed by atoms with Crippen LogP contribution in [0.3, 0.4) is 0 Å². The maximum absolute atomic E-state index is 11.9. The van der Waals surface area contributed by atoms with E-state index in [4.69, 9.17) is 10.5 Å². The Balaban J connectivity index is 1.84. The van der Waals surface area contributed by atoms with Gasteiger partial charge in [0, 0.05) is 25.6 Å². The largest absolute Gasteiger partial charge is 0.389 e. The Kier molecular flexibility index (Phi) is 4.59. The standard InChI is InChI=1S/C13H24N2O3/c14-6-8-18-10-12(16)15-7-5-13(17)4-2-1-3-11(13)9-15/h11,17H,1-10,14H2. The number of amides is 1. The van der Waals surface area contributed by atoms with E-state index in [1.165, 1.54) is 6.42 Å². The van der Waals surface area contributed by atoms with Gasteiger partial charge in [-0.2, -0.15) is 0 Å². The average Bonchev–Trinajstić information content (AvgIpc) is 2.37. The van der Waals surface area contributed by atoms with Crippen molar-refractivity contribution >= 4 is 5.91 Å². The molecule has 1 saturated carbocycles. The van der Waals surface area contributed by atoms with E-state index in [1.54, 1.807) is 0 Å². The lowest BCUT2D eigenvalue weighted by Crippen LogP contribution is -2.55. The minimum atomic E-state index is -0.521. The van der Waals surface area contributed by atoms with Crippen molar-refractivity contribution in [2.24, 2.45) is 11.7 Å². The molecule has 1 amide bonds. The fourth-order valence-corrected chi connectivity index (χ4v) is 3.13. The summed E-state index contributed by atoms with van der Waals surface area (Å²) in [5.74, 6) is 0.273. The number of carbonyl (C=O) groups excluding carboxylic acids is 1. The van der Waals surface area contributed by atoms with Crippen LogP contribution in [0.4, 0.5) is 0 Å². The molecule has 1 saturated heterocycles. The molecule has 0 aromatic rings. The Morgan fingerprint density at radius 1 is 1.44 bits per heavy atom. The molecule has 0 radical (unpaired) electrons. The topological polar surface area (TPSA) is 75.8 Å². The van der Waals surface area contributed by atoms with Crippen LogP contribution in [0.2, 0.25) is 0 Å². The number of nitrogens with two attached hydrogens (primary N) is 1. The summed E-state index contributed by atoms with van der Waals surface area (Å²) in [7, 11) is 0. The number of carbonyl (C=O) groups is 1. The Labute approximate surface area is 108 Å². The summed E-state index contributed by atoms with van der Waals surface area (Å²) in [6.07, 6.45) is 4.91. The van der Waals surface area contributed by atoms with Crippen molar-refractivity contribution in [3.05, 3.63) is 0 Å². The van der Waals surface area contributed by atoms with Crippen LogP contribution in [0.15, 0.2) is 0 Å². The molecule has 0 aromatic heterocycles. The molecule has 2 rings (SSSR count). The minimum Gasteiger partial charge on any atom is -0.389 e. The van der Waals surface area contributed by atoms with Gasteiger partial charge in [0.2, 0.25) is 5.91 Å². The third-order valence-electron chi connectivity index (χ3n) is 4.27. The number of rotatable bonds is 4. The summed E-state index contributed by atoms with van der Waals surface area (Å²) >= 11 is 0. The Bertz CT molecular complexity index is 298. The summed E-state index contributed by atoms with van der Waals surface area (Å²) in [6, 6.07) is 0. The van der Waals surface area contributed by atoms with Crippen LogP contribution in [0.5, 0.6) is 0 Å². The molecule has 1 aliphatic carbocycles. The Morgan fingerprint density at radius 2 is 2.28 bits per heavy atom. The number of aliphatic hydroxyl groups is 1. The van der Waals surface area contributed by atoms with E-state index in [-0.39, 0.29) is 18.4 Å². The quantitative estimate of drug-likeness (QED) is 0.700. The zero-order chi connectivity index (χ0) is 13.0. The molecule has 104 valence electrons. The number of piperidine rings is 1. The van der Waals surface area contributed by atoms with Crippen LogP contribution >= 0.6 is 0 Å². The van der Waals surface area contributed by atoms with Gasteiger partial charge in [-0.3, -0.25) is 4.79 Å². The van der Waals surface area contributed by atoms with Gasteiger partial charge >= 0.3 is 0 Å². The highest BCUT2D eigenvalue weighted by molar-refractivity contribution is 5.77. The normalized spacial score (nSPS) is 32.1. The summed E-state index contributed by atoms with van der Waals surface area (Å²) < 4.78 is 5.18. The molecule has 2 aliphatic rings. The second-order valence-corrected chi connectivity index (χ2v) is 5.48. The van der Waals surface area contributed by atoms with Gasteiger partial charge in [-0.05, 0) is 19.3 Å². The fraction of sp³-hybridized carbons (Fsp3) is 0.923. The second kappa shape index (κ2) is 5.99. The number of fused-ring (bicyclic) bond motifs is 1. The number of nitrogens with zero attached hydrogens (tertiary/aromatic N) is 1. The van der Waals surface area contributed by atoms with Crippen LogP contribution in [0.1, 0.15) is 32.1 Å². The SMILES string of the molecule is NCCOCC(=O)N1CCC2(O)CCCCC2C1. The zero-order valence-electron chi connectivity index (χ0n) is 10.9. The molecule has 0 aromatic carbocycles. The highest BCUT2D eigenvalue weighted by Crippen LogP contribution is 2.39. The number of ether oxygens (including phenoxy) is 1. The molecule has 3 N–H and O–H groups in total. The van der Waals surface area contributed by atoms with Crippen LogP contribution < -0.4 is 5.73 Å². The van der Waals surface area contributed by atoms with E-state index in [0.717, 1.165) is 19.3 Å². The summed E-state index contributed by atoms with van der Waals surface area (Å²) in [4.78, 5) is 13.8. The number of hydrogen-bond acceptors (Lipinski definition) is 4. The molecular weight excluding hydrogens is 232 g/mol. The second-order valence-electron chi connectivity index (χ2n) is 5.48. The molecule has 18 heavy (non-hydrogen) atoms. The van der Waals surface area contributed by atoms with Crippen molar-refractivity contribution < 1.29 is 14.6 Å². The zero-order valence-corrected chi connectivity index (χ0v) is 10.9. The number of likely N-dealkylation sites (tertiary alicyclic amines) is 1. The lowest BCUT2D eigenvalue weighted by atomic mass is 9.71. The lowest BCUT2D eigenvalue weighted by molar-refractivity contribution is -0.147. The van der Waals surface area contributed by atoms with Crippen molar-refractivity contribution in [2.75, 3.05) is 32.8 Å². The van der Waals surface area contributed by atoms with Gasteiger partial charge in [0.1, 0.15) is 6.61 Å². The minimum absolute atomic E-state index is 0.0241. The molecule has 1 aliphatic heterocycles. The first-order valence-corrected chi connectivity index (χ1v) is 6.94. The van der Waals surface area contributed by atoms with Crippen LogP contribution in [-0.4, -0.2) is 54.4 Å². The fourth-order valence-electron chi connectivity index (χ4n) is 3.13. The Hall–Kier alpha value is -0.650. The van der Waals surface area contributed by atoms with E-state index < -0.39 is 5.60 Å². The first-order chi connectivity index (χ1) is 8.65. The summed E-state index contributed by atoms with van der Waals surface area (Å²) in [6.45, 7) is 2.31. The van der Waals surface area contributed by atoms with Gasteiger partial charge in [0.15, 0.2) is 0 Å². The van der Waals surface area contributed by atoms with Gasteiger partial charge in [-0.15, -0.1) is 0 Å². The van der Waals surface area contributed by atoms with Crippen LogP contribution in [0, 0.1) is 5.92 Å². The van der Waals surface area contributed by atoms with Crippen molar-refractivity contribution in [1.29, 1.82) is 0 Å². The third-order valence-corrected chi connectivity index (χ3v) is 4.27. The van der Waals surface area contributed by atoms with Gasteiger partial charge in [-0.25, -0.2) is 0 Å². The third kappa shape index (κ3) is 3.02. The van der Waals surface area contributed by atoms with Crippen molar-refractivity contribution in [3.63, 3.8) is 0 Å². The summed E-state index contributed by atoms with van der Waals surface area (Å²) in [5, 5.41) is 10.5. The molecule has 5 nitrogen and oxygen atoms in total. The van der Waals surface area contributed by atoms with Crippen molar-refractivity contribution in [1.82, 2.24) is 4.90 Å². The van der Waals surface area contributed by atoms with E-state index in [2.05, 4.69) is 0 Å². The molecule has 0 bridgehead atoms. The first-order valence-electron chi connectivity index (χ1n) is 6.94. The molecule has 2 atom stereocenters. The van der Waals surface area contributed by atoms with Gasteiger partial charge in [-0.1, -0.05) is 12.8 Å². The molecule has 0 spiro atoms. The number of hydrogen-bond donors (Lipinski definition) is 2. The molecule has 2 unspecified atom stereocenters. The van der Waals surface area contributed by atoms with E-state index in [9.17, 15) is 9.90 Å². The average molecular weight is 256 g/mol. The molecule has 5 heteroatoms. The van der Waals surface area contributed by atoms with Crippen LogP contribution in [0.25, 0.3) is 0 Å². The van der Waals surface area contributed by atoms with Crippen molar-refractivity contribution in [3.8, 4) is 0 Å². The van der Waals surface area contributed by atoms with Gasteiger partial charge in [0.25, 0.3) is 0 Å². The molecule has 2 fully saturated rings. The maximum Gasteiger partial charge on any atom is 0.248 e. The first kappa shape index (κ1) is 13.8. The smallest absolute Gasteiger partial charge is 0.248 e.